The van der Waals surface area contributed by atoms with Crippen LogP contribution in [-0.2, 0) is 0 Å². The molecule has 0 saturated carbocycles. The number of carbonyl (C=O) groups excluding carboxylic acids is 2. The number of hydrogen-bond donors (Lipinski definition) is 0. The zero-order chi connectivity index (χ0) is 27.8. The summed E-state index contributed by atoms with van der Waals surface area (Å²) in [5.41, 5.74) is 1.81. The molecule has 39 heavy (non-hydrogen) atoms. The Hall–Kier alpha value is -4.10. The van der Waals surface area contributed by atoms with Crippen LogP contribution in [0.1, 0.15) is 65.3 Å². The minimum atomic E-state index is -0.811. The van der Waals surface area contributed by atoms with Gasteiger partial charge in [0.25, 0.3) is 5.91 Å². The van der Waals surface area contributed by atoms with E-state index in [1.807, 2.05) is 6.07 Å². The number of carbonyl (C=O) groups is 2. The van der Waals surface area contributed by atoms with Gasteiger partial charge in [-0.15, -0.1) is 0 Å². The molecule has 1 aliphatic rings. The number of benzene rings is 3. The van der Waals surface area contributed by atoms with E-state index in [0.29, 0.717) is 45.9 Å². The van der Waals surface area contributed by atoms with Crippen molar-refractivity contribution < 1.29 is 23.5 Å². The van der Waals surface area contributed by atoms with Gasteiger partial charge in [-0.25, -0.2) is 0 Å². The van der Waals surface area contributed by atoms with Crippen LogP contribution in [0.3, 0.4) is 0 Å². The maximum Gasteiger partial charge on any atom is 0.295 e. The lowest BCUT2D eigenvalue weighted by atomic mass is 9.97. The molecule has 2 heterocycles. The highest BCUT2D eigenvalue weighted by molar-refractivity contribution is 6.31. The van der Waals surface area contributed by atoms with Crippen molar-refractivity contribution in [2.75, 3.05) is 18.6 Å². The highest BCUT2D eigenvalue weighted by Gasteiger charge is 2.44. The third-order valence-corrected chi connectivity index (χ3v) is 7.08. The lowest BCUT2D eigenvalue weighted by Gasteiger charge is -2.26. The Morgan fingerprint density at radius 3 is 2.44 bits per heavy atom. The van der Waals surface area contributed by atoms with Crippen LogP contribution in [0.2, 0.25) is 5.02 Å². The summed E-state index contributed by atoms with van der Waals surface area (Å²) < 4.78 is 17.6. The van der Waals surface area contributed by atoms with E-state index in [1.54, 1.807) is 61.7 Å². The van der Waals surface area contributed by atoms with E-state index in [0.717, 1.165) is 6.42 Å². The lowest BCUT2D eigenvalue weighted by Crippen LogP contribution is -2.29. The number of nitrogens with zero attached hydrogens (tertiary/aromatic N) is 1. The first kappa shape index (κ1) is 26.5. The Morgan fingerprint density at radius 1 is 1.03 bits per heavy atom. The molecule has 5 rings (SSSR count). The van der Waals surface area contributed by atoms with Gasteiger partial charge in [-0.2, -0.15) is 0 Å². The maximum absolute atomic E-state index is 13.9. The van der Waals surface area contributed by atoms with E-state index in [2.05, 4.69) is 13.8 Å². The Morgan fingerprint density at radius 2 is 1.77 bits per heavy atom. The van der Waals surface area contributed by atoms with Gasteiger partial charge in [0.2, 0.25) is 5.76 Å². The highest BCUT2D eigenvalue weighted by atomic mass is 35.5. The molecule has 1 amide bonds. The van der Waals surface area contributed by atoms with Crippen LogP contribution in [0.15, 0.2) is 69.9 Å². The second-order valence-corrected chi connectivity index (χ2v) is 10.4. The molecule has 7 nitrogen and oxygen atoms in total. The first-order chi connectivity index (χ1) is 18.7. The molecule has 0 saturated heterocycles. The number of amides is 1. The quantitative estimate of drug-likeness (QED) is 0.225. The molecule has 0 bridgehead atoms. The average Bonchev–Trinajstić information content (AvgIpc) is 3.21. The summed E-state index contributed by atoms with van der Waals surface area (Å²) in [5, 5.41) is 0.672. The Bertz CT molecular complexity index is 1640. The number of ether oxygens (including phenoxy) is 2. The third-order valence-electron chi connectivity index (χ3n) is 6.84. The molecule has 1 aromatic heterocycles. The topological polar surface area (TPSA) is 86.0 Å². The van der Waals surface area contributed by atoms with Gasteiger partial charge in [0, 0.05) is 16.3 Å². The number of methoxy groups -OCH3 is 1. The maximum atomic E-state index is 13.9. The van der Waals surface area contributed by atoms with Crippen LogP contribution in [-0.4, -0.2) is 25.4 Å². The van der Waals surface area contributed by atoms with Crippen LogP contribution in [0.4, 0.5) is 5.69 Å². The summed E-state index contributed by atoms with van der Waals surface area (Å²) in [7, 11) is 1.55. The molecule has 0 radical (unpaired) electrons. The van der Waals surface area contributed by atoms with Gasteiger partial charge in [-0.3, -0.25) is 19.3 Å². The van der Waals surface area contributed by atoms with E-state index in [-0.39, 0.29) is 33.5 Å². The van der Waals surface area contributed by atoms with Crippen molar-refractivity contribution in [3.63, 3.8) is 0 Å². The monoisotopic (exact) mass is 545 g/mol. The summed E-state index contributed by atoms with van der Waals surface area (Å²) in [6.07, 6.45) is 0.885. The first-order valence-corrected chi connectivity index (χ1v) is 13.1. The summed E-state index contributed by atoms with van der Waals surface area (Å²) in [4.78, 5) is 41.0. The second-order valence-electron chi connectivity index (χ2n) is 9.94. The van der Waals surface area contributed by atoms with Crippen LogP contribution in [0, 0.1) is 5.92 Å². The molecule has 4 aromatic rings. The number of halogens is 1. The number of anilines is 1. The lowest BCUT2D eigenvalue weighted by molar-refractivity contribution is 0.0970. The molecule has 0 spiro atoms. The summed E-state index contributed by atoms with van der Waals surface area (Å²) in [5.74, 6) is 0.953. The van der Waals surface area contributed by atoms with Gasteiger partial charge < -0.3 is 13.9 Å². The molecule has 200 valence electrons. The van der Waals surface area contributed by atoms with E-state index >= 15 is 0 Å². The fraction of sp³-hybridized carbons (Fsp3) is 0.258. The van der Waals surface area contributed by atoms with Crippen molar-refractivity contribution in [1.29, 1.82) is 0 Å². The van der Waals surface area contributed by atoms with Crippen molar-refractivity contribution in [2.24, 2.45) is 5.92 Å². The van der Waals surface area contributed by atoms with Crippen LogP contribution in [0.25, 0.3) is 11.0 Å². The normalized spacial score (nSPS) is 14.7. The number of fused-ring (bicyclic) bond motifs is 2. The standard InChI is InChI=1S/C31H28ClNO6/c1-17(2)13-14-38-25-11-7-20(15-26(25)37-4)28-27-29(35)23-16-21(32)8-12-24(23)39-30(27)31(36)33(28)22-9-5-19(6-10-22)18(3)34/h5-12,15-17,28H,13-14H2,1-4H3. The van der Waals surface area contributed by atoms with E-state index in [1.165, 1.54) is 11.8 Å². The number of Topliss-reactive ketones (excluding diaryl/α,β-unsaturated/α-hetero) is 1. The van der Waals surface area contributed by atoms with Gasteiger partial charge in [-0.1, -0.05) is 31.5 Å². The molecule has 0 fully saturated rings. The number of ketones is 1. The van der Waals surface area contributed by atoms with Crippen molar-refractivity contribution in [2.45, 2.75) is 33.2 Å². The van der Waals surface area contributed by atoms with Crippen molar-refractivity contribution in [3.8, 4) is 11.5 Å². The predicted octanol–water partition coefficient (Wildman–Crippen LogP) is 6.83. The molecule has 0 N–H and O–H groups in total. The van der Waals surface area contributed by atoms with Gasteiger partial charge in [0.1, 0.15) is 5.58 Å². The van der Waals surface area contributed by atoms with Gasteiger partial charge in [0.05, 0.1) is 30.7 Å². The van der Waals surface area contributed by atoms with E-state index in [4.69, 9.17) is 25.5 Å². The van der Waals surface area contributed by atoms with Crippen molar-refractivity contribution in [3.05, 3.63) is 98.4 Å². The van der Waals surface area contributed by atoms with Crippen LogP contribution >= 0.6 is 11.6 Å². The van der Waals surface area contributed by atoms with Crippen LogP contribution < -0.4 is 19.8 Å². The van der Waals surface area contributed by atoms with Crippen LogP contribution in [0.5, 0.6) is 11.5 Å². The minimum Gasteiger partial charge on any atom is -0.493 e. The first-order valence-electron chi connectivity index (χ1n) is 12.7. The number of rotatable bonds is 8. The fourth-order valence-electron chi connectivity index (χ4n) is 4.76. The largest absolute Gasteiger partial charge is 0.493 e. The molecule has 8 heteroatoms. The Kier molecular flexibility index (Phi) is 7.19. The zero-order valence-corrected chi connectivity index (χ0v) is 22.9. The number of hydrogen-bond acceptors (Lipinski definition) is 6. The molecular weight excluding hydrogens is 518 g/mol. The summed E-state index contributed by atoms with van der Waals surface area (Å²) in [6.45, 7) is 6.25. The zero-order valence-electron chi connectivity index (χ0n) is 22.1. The minimum absolute atomic E-state index is 0.0355. The summed E-state index contributed by atoms with van der Waals surface area (Å²) >= 11 is 6.19. The van der Waals surface area contributed by atoms with Gasteiger partial charge in [-0.05, 0) is 79.4 Å². The molecule has 1 unspecified atom stereocenters. The molecule has 3 aromatic carbocycles. The molecule has 0 aliphatic carbocycles. The SMILES string of the molecule is COc1cc(C2c3c(oc4ccc(Cl)cc4c3=O)C(=O)N2c2ccc(C(C)=O)cc2)ccc1OCCC(C)C. The Balaban J connectivity index is 1.68. The van der Waals surface area contributed by atoms with Gasteiger partial charge in [0.15, 0.2) is 22.7 Å². The van der Waals surface area contributed by atoms with Crippen molar-refractivity contribution >= 4 is 39.9 Å². The highest BCUT2D eigenvalue weighted by Crippen LogP contribution is 2.43. The molecular formula is C31H28ClNO6. The van der Waals surface area contributed by atoms with E-state index < -0.39 is 11.9 Å². The summed E-state index contributed by atoms with van der Waals surface area (Å²) in [6, 6.07) is 16.0. The van der Waals surface area contributed by atoms with Gasteiger partial charge >= 0.3 is 0 Å². The van der Waals surface area contributed by atoms with E-state index in [9.17, 15) is 14.4 Å². The Labute approximate surface area is 230 Å². The molecule has 1 atom stereocenters. The van der Waals surface area contributed by atoms with Crippen molar-refractivity contribution in [1.82, 2.24) is 0 Å². The average molecular weight is 546 g/mol. The molecule has 1 aliphatic heterocycles. The third kappa shape index (κ3) is 4.90. The fourth-order valence-corrected chi connectivity index (χ4v) is 4.93. The second kappa shape index (κ2) is 10.6. The predicted molar refractivity (Wildman–Crippen MR) is 151 cm³/mol. The smallest absolute Gasteiger partial charge is 0.295 e.